The van der Waals surface area contributed by atoms with Gasteiger partial charge >= 0.3 is 0 Å². The van der Waals surface area contributed by atoms with Crippen molar-refractivity contribution in [2.45, 2.75) is 109 Å². The second-order valence-corrected chi connectivity index (χ2v) is 21.7. The van der Waals surface area contributed by atoms with Crippen LogP contribution >= 0.6 is 0 Å². The van der Waals surface area contributed by atoms with Crippen molar-refractivity contribution in [3.63, 3.8) is 0 Å². The number of fused-ring (bicyclic) bond motifs is 5. The van der Waals surface area contributed by atoms with Crippen LogP contribution in [0.3, 0.4) is 0 Å². The number of hydrogen-bond donors (Lipinski definition) is 0. The number of pyridine rings is 2. The fraction of sp³-hybridized carbons (Fsp3) is 0.375. The first-order valence-electron chi connectivity index (χ1n) is 19.8. The number of benzene rings is 3. The molecule has 3 aromatic carbocycles. The molecule has 2 aliphatic carbocycles. The lowest BCUT2D eigenvalue weighted by Gasteiger charge is -2.29. The van der Waals surface area contributed by atoms with Gasteiger partial charge in [0, 0.05) is 29.3 Å². The van der Waals surface area contributed by atoms with Gasteiger partial charge in [-0.2, -0.15) is 4.57 Å². The van der Waals surface area contributed by atoms with E-state index in [2.05, 4.69) is 141 Å². The van der Waals surface area contributed by atoms with Gasteiger partial charge in [0.25, 0.3) is 0 Å². The normalized spacial score (nSPS) is 18.2. The fourth-order valence-corrected chi connectivity index (χ4v) is 11.6. The highest BCUT2D eigenvalue weighted by atomic mass is 28.3. The van der Waals surface area contributed by atoms with Crippen molar-refractivity contribution >= 4 is 13.3 Å². The largest absolute Gasteiger partial charge is 0.256 e. The number of aromatic nitrogens is 2. The minimum Gasteiger partial charge on any atom is -0.256 e. The topological polar surface area (TPSA) is 16.8 Å². The number of nitrogens with zero attached hydrogens (tertiary/aromatic N) is 2. The molecule has 260 valence electrons. The Balaban J connectivity index is 1.34. The maximum atomic E-state index is 5.36. The lowest BCUT2D eigenvalue weighted by atomic mass is 9.80. The Morgan fingerprint density at radius 3 is 2.27 bits per heavy atom. The van der Waals surface area contributed by atoms with E-state index in [1.807, 2.05) is 0 Å². The van der Waals surface area contributed by atoms with Crippen LogP contribution in [0.4, 0.5) is 0 Å². The van der Waals surface area contributed by atoms with Crippen LogP contribution in [-0.4, -0.2) is 13.1 Å². The van der Waals surface area contributed by atoms with Crippen molar-refractivity contribution in [3.05, 3.63) is 138 Å². The molecule has 1 aliphatic heterocycles. The molecule has 0 amide bonds. The lowest BCUT2D eigenvalue weighted by Crippen LogP contribution is -2.47. The maximum absolute atomic E-state index is 5.36. The van der Waals surface area contributed by atoms with Gasteiger partial charge in [-0.25, -0.2) is 0 Å². The third kappa shape index (κ3) is 6.26. The van der Waals surface area contributed by atoms with E-state index in [1.54, 1.807) is 16.4 Å². The van der Waals surface area contributed by atoms with Gasteiger partial charge in [0.2, 0.25) is 5.69 Å². The molecule has 3 aliphatic rings. The second-order valence-electron chi connectivity index (χ2n) is 16.7. The molecule has 5 aromatic rings. The molecular weight excluding hydrogens is 633 g/mol. The molecule has 0 N–H and O–H groups in total. The van der Waals surface area contributed by atoms with Gasteiger partial charge in [0.1, 0.15) is 0 Å². The van der Waals surface area contributed by atoms with E-state index >= 15 is 0 Å². The number of rotatable bonds is 10. The SMILES string of the molecule is C=CCCC(c1ccccc1-c1cc(C(C)C2CCCC2)c([Si](C)(C)C)cn1)C1c2ccccc2-c2c(-c3ccccc3)cc3c([n+]21)CCCC3. The van der Waals surface area contributed by atoms with Gasteiger partial charge < -0.3 is 0 Å². The van der Waals surface area contributed by atoms with E-state index in [0.29, 0.717) is 5.92 Å². The Hall–Kier alpha value is -4.08. The molecule has 8 rings (SSSR count). The van der Waals surface area contributed by atoms with Crippen LogP contribution in [0.25, 0.3) is 33.6 Å². The Morgan fingerprint density at radius 1 is 0.804 bits per heavy atom. The summed E-state index contributed by atoms with van der Waals surface area (Å²) in [5, 5.41) is 1.54. The number of allylic oxidation sites excluding steroid dienone is 1. The van der Waals surface area contributed by atoms with Gasteiger partial charge in [0.15, 0.2) is 11.7 Å². The maximum Gasteiger partial charge on any atom is 0.221 e. The molecule has 2 nitrogen and oxygen atoms in total. The molecule has 1 fully saturated rings. The number of hydrogen-bond acceptors (Lipinski definition) is 1. The summed E-state index contributed by atoms with van der Waals surface area (Å²) in [6.45, 7) is 14.2. The summed E-state index contributed by atoms with van der Waals surface area (Å²) in [5.41, 5.74) is 15.4. The molecule has 3 heterocycles. The van der Waals surface area contributed by atoms with Crippen LogP contribution in [-0.2, 0) is 12.8 Å². The predicted octanol–water partition coefficient (Wildman–Crippen LogP) is 11.7. The van der Waals surface area contributed by atoms with Crippen LogP contribution < -0.4 is 9.75 Å². The summed E-state index contributed by atoms with van der Waals surface area (Å²) >= 11 is 0. The summed E-state index contributed by atoms with van der Waals surface area (Å²) in [7, 11) is -1.59. The monoisotopic (exact) mass is 687 g/mol. The second kappa shape index (κ2) is 14.1. The van der Waals surface area contributed by atoms with Crippen LogP contribution in [0.5, 0.6) is 0 Å². The zero-order valence-corrected chi connectivity index (χ0v) is 32.3. The van der Waals surface area contributed by atoms with Gasteiger partial charge in [-0.1, -0.05) is 118 Å². The Kier molecular flexibility index (Phi) is 9.44. The van der Waals surface area contributed by atoms with Crippen LogP contribution in [0.1, 0.15) is 104 Å². The summed E-state index contributed by atoms with van der Waals surface area (Å²) in [5.74, 6) is 1.60. The van der Waals surface area contributed by atoms with E-state index in [-0.39, 0.29) is 12.0 Å². The highest BCUT2D eigenvalue weighted by molar-refractivity contribution is 6.89. The first-order chi connectivity index (χ1) is 24.8. The van der Waals surface area contributed by atoms with Gasteiger partial charge in [-0.3, -0.25) is 4.98 Å². The van der Waals surface area contributed by atoms with E-state index in [4.69, 9.17) is 4.98 Å². The predicted molar refractivity (Wildman–Crippen MR) is 217 cm³/mol. The van der Waals surface area contributed by atoms with Crippen LogP contribution in [0, 0.1) is 5.92 Å². The summed E-state index contributed by atoms with van der Waals surface area (Å²) < 4.78 is 2.82. The molecular formula is C48H55N2Si+. The van der Waals surface area contributed by atoms with E-state index < -0.39 is 8.07 Å². The molecule has 3 unspecified atom stereocenters. The highest BCUT2D eigenvalue weighted by Gasteiger charge is 2.47. The summed E-state index contributed by atoms with van der Waals surface area (Å²) in [6, 6.07) is 35.0. The average Bonchev–Trinajstić information content (AvgIpc) is 3.82. The molecule has 0 bridgehead atoms. The fourth-order valence-electron chi connectivity index (χ4n) is 9.94. The smallest absolute Gasteiger partial charge is 0.221 e. The van der Waals surface area contributed by atoms with Crippen molar-refractivity contribution in [1.82, 2.24) is 4.98 Å². The van der Waals surface area contributed by atoms with Gasteiger partial charge in [-0.05, 0) is 96.9 Å². The molecule has 3 heteroatoms. The highest BCUT2D eigenvalue weighted by Crippen LogP contribution is 2.49. The molecule has 3 atom stereocenters. The zero-order chi connectivity index (χ0) is 35.1. The molecule has 0 radical (unpaired) electrons. The lowest BCUT2D eigenvalue weighted by molar-refractivity contribution is -0.708. The molecule has 2 aromatic heterocycles. The first kappa shape index (κ1) is 34.0. The number of aryl methyl sites for hydroxylation is 1. The Labute approximate surface area is 307 Å². The third-order valence-electron chi connectivity index (χ3n) is 12.5. The van der Waals surface area contributed by atoms with E-state index in [0.717, 1.165) is 37.3 Å². The van der Waals surface area contributed by atoms with Gasteiger partial charge in [-0.15, -0.1) is 6.58 Å². The van der Waals surface area contributed by atoms with E-state index in [1.165, 1.54) is 83.2 Å². The van der Waals surface area contributed by atoms with E-state index in [9.17, 15) is 0 Å². The van der Waals surface area contributed by atoms with Crippen molar-refractivity contribution in [2.75, 3.05) is 0 Å². The van der Waals surface area contributed by atoms with Crippen LogP contribution in [0.2, 0.25) is 19.6 Å². The Bertz CT molecular complexity index is 2050. The minimum atomic E-state index is -1.59. The van der Waals surface area contributed by atoms with Crippen LogP contribution in [0.15, 0.2) is 110 Å². The standard InChI is InChI=1S/C48H55N2Si/c1-6-7-24-39(37-25-14-15-26-38(37)44-31-42(33(2)34-19-11-12-20-34)46(32-49-44)51(3,4)5)47-40-27-16-17-28-41(40)48-43(35-21-9-8-10-22-35)30-36-23-13-18-29-45(36)50(47)48/h6,8-10,14-17,21-22,25-28,30-34,39,47H,1,7,11-13,18-20,23-24,29H2,2-5H3/q+1. The minimum absolute atomic E-state index is 0.200. The third-order valence-corrected chi connectivity index (χ3v) is 14.6. The average molecular weight is 688 g/mol. The quantitative estimate of drug-likeness (QED) is 0.0811. The molecule has 0 saturated heterocycles. The molecule has 1 saturated carbocycles. The molecule has 51 heavy (non-hydrogen) atoms. The zero-order valence-electron chi connectivity index (χ0n) is 31.3. The Morgan fingerprint density at radius 2 is 1.51 bits per heavy atom. The van der Waals surface area contributed by atoms with Crippen molar-refractivity contribution < 1.29 is 4.57 Å². The molecule has 0 spiro atoms. The van der Waals surface area contributed by atoms with Crippen molar-refractivity contribution in [2.24, 2.45) is 5.92 Å². The summed E-state index contributed by atoms with van der Waals surface area (Å²) in [6.07, 6.45) is 16.7. The van der Waals surface area contributed by atoms with Crippen molar-refractivity contribution in [1.29, 1.82) is 0 Å². The van der Waals surface area contributed by atoms with Crippen molar-refractivity contribution in [3.8, 4) is 33.6 Å². The summed E-state index contributed by atoms with van der Waals surface area (Å²) in [4.78, 5) is 5.36. The van der Waals surface area contributed by atoms with Gasteiger partial charge in [0.05, 0.1) is 30.8 Å². The first-order valence-corrected chi connectivity index (χ1v) is 23.3.